The molecule has 27 heavy (non-hydrogen) atoms. The minimum atomic E-state index is -0.285. The van der Waals surface area contributed by atoms with Gasteiger partial charge in [-0.15, -0.1) is 10.2 Å². The van der Waals surface area contributed by atoms with Crippen LogP contribution in [0.15, 0.2) is 66.7 Å². The SMILES string of the molecule is CCN(c1cccc(C)c1)c1ccc(NC(=O)COc2ccccc2)nn1. The molecular formula is C21H22N4O2. The quantitative estimate of drug-likeness (QED) is 0.689. The van der Waals surface area contributed by atoms with E-state index in [2.05, 4.69) is 46.4 Å². The first-order chi connectivity index (χ1) is 13.2. The lowest BCUT2D eigenvalue weighted by Gasteiger charge is -2.22. The van der Waals surface area contributed by atoms with E-state index in [9.17, 15) is 4.79 Å². The molecule has 1 heterocycles. The van der Waals surface area contributed by atoms with Crippen LogP contribution in [-0.4, -0.2) is 29.3 Å². The Balaban J connectivity index is 1.61. The van der Waals surface area contributed by atoms with Crippen LogP contribution >= 0.6 is 0 Å². The second-order valence-corrected chi connectivity index (χ2v) is 6.01. The van der Waals surface area contributed by atoms with Crippen LogP contribution < -0.4 is 15.0 Å². The third-order valence-electron chi connectivity index (χ3n) is 3.94. The molecule has 6 heteroatoms. The van der Waals surface area contributed by atoms with E-state index in [-0.39, 0.29) is 12.5 Å². The molecule has 0 aliphatic rings. The van der Waals surface area contributed by atoms with E-state index in [4.69, 9.17) is 4.74 Å². The predicted octanol–water partition coefficient (Wildman–Crippen LogP) is 3.96. The number of aromatic nitrogens is 2. The van der Waals surface area contributed by atoms with Crippen molar-refractivity contribution in [3.8, 4) is 5.75 Å². The zero-order chi connectivity index (χ0) is 19.1. The van der Waals surface area contributed by atoms with Crippen molar-refractivity contribution in [1.82, 2.24) is 10.2 Å². The van der Waals surface area contributed by atoms with Crippen LogP contribution in [0.2, 0.25) is 0 Å². The topological polar surface area (TPSA) is 67.4 Å². The van der Waals surface area contributed by atoms with Crippen molar-refractivity contribution in [3.63, 3.8) is 0 Å². The number of hydrogen-bond acceptors (Lipinski definition) is 5. The molecule has 0 bridgehead atoms. The summed E-state index contributed by atoms with van der Waals surface area (Å²) in [4.78, 5) is 14.1. The van der Waals surface area contributed by atoms with Gasteiger partial charge in [-0.25, -0.2) is 0 Å². The molecule has 3 aromatic rings. The fraction of sp³-hybridized carbons (Fsp3) is 0.190. The summed E-state index contributed by atoms with van der Waals surface area (Å²) >= 11 is 0. The summed E-state index contributed by atoms with van der Waals surface area (Å²) in [6, 6.07) is 21.0. The lowest BCUT2D eigenvalue weighted by atomic mass is 10.2. The molecule has 2 aromatic carbocycles. The largest absolute Gasteiger partial charge is 0.484 e. The van der Waals surface area contributed by atoms with Crippen molar-refractivity contribution in [3.05, 3.63) is 72.3 Å². The van der Waals surface area contributed by atoms with Gasteiger partial charge in [-0.3, -0.25) is 4.79 Å². The summed E-state index contributed by atoms with van der Waals surface area (Å²) in [6.07, 6.45) is 0. The molecule has 0 spiro atoms. The normalized spacial score (nSPS) is 10.3. The molecule has 0 saturated heterocycles. The van der Waals surface area contributed by atoms with Crippen LogP contribution in [0.5, 0.6) is 5.75 Å². The summed E-state index contributed by atoms with van der Waals surface area (Å²) in [5, 5.41) is 11.0. The highest BCUT2D eigenvalue weighted by Gasteiger charge is 2.11. The highest BCUT2D eigenvalue weighted by atomic mass is 16.5. The number of carbonyl (C=O) groups is 1. The number of rotatable bonds is 7. The smallest absolute Gasteiger partial charge is 0.263 e. The molecular weight excluding hydrogens is 340 g/mol. The molecule has 138 valence electrons. The molecule has 1 amide bonds. The standard InChI is InChI=1S/C21H22N4O2/c1-3-25(17-9-7-8-16(2)14-17)20-13-12-19(23-24-20)22-21(26)15-27-18-10-5-4-6-11-18/h4-14H,3,15H2,1-2H3,(H,22,23,26). The second kappa shape index (κ2) is 8.80. The average Bonchev–Trinajstić information content (AvgIpc) is 2.69. The number of aryl methyl sites for hydroxylation is 1. The van der Waals surface area contributed by atoms with Crippen molar-refractivity contribution in [2.75, 3.05) is 23.4 Å². The van der Waals surface area contributed by atoms with E-state index in [1.807, 2.05) is 36.4 Å². The van der Waals surface area contributed by atoms with Gasteiger partial charge >= 0.3 is 0 Å². The van der Waals surface area contributed by atoms with Crippen molar-refractivity contribution in [2.45, 2.75) is 13.8 Å². The van der Waals surface area contributed by atoms with E-state index in [1.165, 1.54) is 5.56 Å². The number of hydrogen-bond donors (Lipinski definition) is 1. The lowest BCUT2D eigenvalue weighted by Crippen LogP contribution is -2.22. The molecule has 1 aromatic heterocycles. The number of nitrogens with zero attached hydrogens (tertiary/aromatic N) is 3. The number of ether oxygens (including phenoxy) is 1. The Morgan fingerprint density at radius 1 is 1.04 bits per heavy atom. The van der Waals surface area contributed by atoms with Gasteiger partial charge in [0.05, 0.1) is 0 Å². The van der Waals surface area contributed by atoms with Crippen LogP contribution in [0.4, 0.5) is 17.3 Å². The Bertz CT molecular complexity index is 882. The molecule has 0 fully saturated rings. The monoisotopic (exact) mass is 362 g/mol. The first-order valence-corrected chi connectivity index (χ1v) is 8.81. The molecule has 0 unspecified atom stereocenters. The maximum Gasteiger partial charge on any atom is 0.263 e. The second-order valence-electron chi connectivity index (χ2n) is 6.01. The third kappa shape index (κ3) is 5.04. The number of anilines is 3. The Hall–Kier alpha value is -3.41. The number of para-hydroxylation sites is 1. The molecule has 3 rings (SSSR count). The van der Waals surface area contributed by atoms with Crippen molar-refractivity contribution < 1.29 is 9.53 Å². The number of benzene rings is 2. The summed E-state index contributed by atoms with van der Waals surface area (Å²) in [5.74, 6) is 1.47. The molecule has 1 N–H and O–H groups in total. The molecule has 0 radical (unpaired) electrons. The summed E-state index contributed by atoms with van der Waals surface area (Å²) in [5.41, 5.74) is 2.24. The van der Waals surface area contributed by atoms with Crippen LogP contribution in [0.1, 0.15) is 12.5 Å². The molecule has 0 atom stereocenters. The molecule has 0 saturated carbocycles. The van der Waals surface area contributed by atoms with Gasteiger partial charge in [0.2, 0.25) is 0 Å². The number of carbonyl (C=O) groups excluding carboxylic acids is 1. The van der Waals surface area contributed by atoms with Gasteiger partial charge in [0.1, 0.15) is 5.75 Å². The lowest BCUT2D eigenvalue weighted by molar-refractivity contribution is -0.118. The highest BCUT2D eigenvalue weighted by molar-refractivity contribution is 5.90. The van der Waals surface area contributed by atoms with E-state index < -0.39 is 0 Å². The molecule has 0 aliphatic heterocycles. The molecule has 0 aliphatic carbocycles. The van der Waals surface area contributed by atoms with Gasteiger partial charge in [-0.2, -0.15) is 0 Å². The maximum atomic E-state index is 12.0. The Kier molecular flexibility index (Phi) is 5.99. The van der Waals surface area contributed by atoms with Crippen LogP contribution in [-0.2, 0) is 4.79 Å². The Labute approximate surface area is 158 Å². The summed E-state index contributed by atoms with van der Waals surface area (Å²) in [7, 11) is 0. The van der Waals surface area contributed by atoms with Gasteiger partial charge in [-0.1, -0.05) is 30.3 Å². The zero-order valence-electron chi connectivity index (χ0n) is 15.4. The van der Waals surface area contributed by atoms with E-state index in [1.54, 1.807) is 18.2 Å². The van der Waals surface area contributed by atoms with Gasteiger partial charge in [0.25, 0.3) is 5.91 Å². The molecule has 6 nitrogen and oxygen atoms in total. The fourth-order valence-electron chi connectivity index (χ4n) is 2.65. The minimum absolute atomic E-state index is 0.0855. The number of nitrogens with one attached hydrogen (secondary N) is 1. The minimum Gasteiger partial charge on any atom is -0.484 e. The average molecular weight is 362 g/mol. The van der Waals surface area contributed by atoms with Crippen LogP contribution in [0, 0.1) is 6.92 Å². The number of amides is 1. The van der Waals surface area contributed by atoms with Crippen LogP contribution in [0.25, 0.3) is 0 Å². The van der Waals surface area contributed by atoms with Gasteiger partial charge in [-0.05, 0) is 55.8 Å². The van der Waals surface area contributed by atoms with E-state index in [0.29, 0.717) is 11.6 Å². The first kappa shape index (κ1) is 18.4. The van der Waals surface area contributed by atoms with Gasteiger partial charge in [0, 0.05) is 12.2 Å². The van der Waals surface area contributed by atoms with Gasteiger partial charge in [0.15, 0.2) is 18.2 Å². The summed E-state index contributed by atoms with van der Waals surface area (Å²) < 4.78 is 5.42. The van der Waals surface area contributed by atoms with Crippen molar-refractivity contribution in [1.29, 1.82) is 0 Å². The summed E-state index contributed by atoms with van der Waals surface area (Å²) in [6.45, 7) is 4.78. The zero-order valence-corrected chi connectivity index (χ0v) is 15.4. The van der Waals surface area contributed by atoms with Crippen molar-refractivity contribution in [2.24, 2.45) is 0 Å². The highest BCUT2D eigenvalue weighted by Crippen LogP contribution is 2.24. The van der Waals surface area contributed by atoms with E-state index >= 15 is 0 Å². The maximum absolute atomic E-state index is 12.0. The van der Waals surface area contributed by atoms with Crippen LogP contribution in [0.3, 0.4) is 0 Å². The Morgan fingerprint density at radius 2 is 1.85 bits per heavy atom. The predicted molar refractivity (Wildman–Crippen MR) is 106 cm³/mol. The Morgan fingerprint density at radius 3 is 2.52 bits per heavy atom. The van der Waals surface area contributed by atoms with Gasteiger partial charge < -0.3 is 15.0 Å². The fourth-order valence-corrected chi connectivity index (χ4v) is 2.65. The third-order valence-corrected chi connectivity index (χ3v) is 3.94. The van der Waals surface area contributed by atoms with Crippen molar-refractivity contribution >= 4 is 23.2 Å². The first-order valence-electron chi connectivity index (χ1n) is 8.81. The van der Waals surface area contributed by atoms with E-state index in [0.717, 1.165) is 18.1 Å².